The van der Waals surface area contributed by atoms with Crippen LogP contribution in [0.2, 0.25) is 0 Å². The molecule has 1 heterocycles. The number of hydrogen-bond acceptors (Lipinski definition) is 4. The smallest absolute Gasteiger partial charge is 0.269 e. The van der Waals surface area contributed by atoms with Crippen molar-refractivity contribution in [2.24, 2.45) is 0 Å². The van der Waals surface area contributed by atoms with E-state index in [0.717, 1.165) is 31.5 Å². The number of nitro benzene ring substituents is 1. The van der Waals surface area contributed by atoms with E-state index in [9.17, 15) is 14.9 Å². The van der Waals surface area contributed by atoms with Gasteiger partial charge >= 0.3 is 0 Å². The average molecular weight is 353 g/mol. The highest BCUT2D eigenvalue weighted by molar-refractivity contribution is 5.82. The Morgan fingerprint density at radius 2 is 1.92 bits per heavy atom. The maximum Gasteiger partial charge on any atom is 0.269 e. The lowest BCUT2D eigenvalue weighted by atomic mass is 10.1. The number of hydrogen-bond donors (Lipinski definition) is 0. The molecule has 0 aliphatic carbocycles. The number of likely N-dealkylation sites (N-methyl/N-ethyl adjacent to an activating group) is 1. The number of non-ortho nitro benzene ring substituents is 1. The SMILES string of the molecule is CN(Cc1cccc([N+](=O)[O-])c1)C(=O)C1CCCN1Cc1ccccc1. The lowest BCUT2D eigenvalue weighted by Gasteiger charge is -2.28. The van der Waals surface area contributed by atoms with Crippen LogP contribution >= 0.6 is 0 Å². The molecule has 6 nitrogen and oxygen atoms in total. The third-order valence-electron chi connectivity index (χ3n) is 4.79. The fourth-order valence-electron chi connectivity index (χ4n) is 3.49. The molecule has 26 heavy (non-hydrogen) atoms. The van der Waals surface area contributed by atoms with Crippen molar-refractivity contribution >= 4 is 11.6 Å². The highest BCUT2D eigenvalue weighted by Gasteiger charge is 2.32. The molecule has 2 aromatic rings. The molecular formula is C20H23N3O3. The van der Waals surface area contributed by atoms with Crippen molar-refractivity contribution < 1.29 is 9.72 Å². The number of likely N-dealkylation sites (tertiary alicyclic amines) is 1. The summed E-state index contributed by atoms with van der Waals surface area (Å²) >= 11 is 0. The van der Waals surface area contributed by atoms with Gasteiger partial charge < -0.3 is 4.90 Å². The van der Waals surface area contributed by atoms with Crippen LogP contribution in [0.3, 0.4) is 0 Å². The molecule has 0 saturated carbocycles. The van der Waals surface area contributed by atoms with Gasteiger partial charge in [-0.3, -0.25) is 19.8 Å². The van der Waals surface area contributed by atoms with Crippen LogP contribution in [0.1, 0.15) is 24.0 Å². The van der Waals surface area contributed by atoms with Gasteiger partial charge in [-0.2, -0.15) is 0 Å². The standard InChI is InChI=1S/C20H23N3O3/c1-21(14-17-9-5-10-18(13-17)23(25)26)20(24)19-11-6-12-22(19)15-16-7-3-2-4-8-16/h2-5,7-10,13,19H,6,11-12,14-15H2,1H3. The lowest BCUT2D eigenvalue weighted by molar-refractivity contribution is -0.384. The number of carbonyl (C=O) groups is 1. The Kier molecular flexibility index (Phi) is 5.63. The molecule has 1 atom stereocenters. The lowest BCUT2D eigenvalue weighted by Crippen LogP contribution is -2.43. The molecule has 1 saturated heterocycles. The molecule has 1 amide bonds. The van der Waals surface area contributed by atoms with E-state index in [4.69, 9.17) is 0 Å². The Balaban J connectivity index is 1.65. The fraction of sp³-hybridized carbons (Fsp3) is 0.350. The van der Waals surface area contributed by atoms with E-state index in [0.29, 0.717) is 6.54 Å². The van der Waals surface area contributed by atoms with Crippen LogP contribution in [0.4, 0.5) is 5.69 Å². The van der Waals surface area contributed by atoms with Crippen LogP contribution in [-0.4, -0.2) is 40.3 Å². The highest BCUT2D eigenvalue weighted by atomic mass is 16.6. The normalized spacial score (nSPS) is 17.2. The monoisotopic (exact) mass is 353 g/mol. The quantitative estimate of drug-likeness (QED) is 0.591. The third-order valence-corrected chi connectivity index (χ3v) is 4.79. The van der Waals surface area contributed by atoms with Crippen molar-refractivity contribution in [3.63, 3.8) is 0 Å². The number of benzene rings is 2. The average Bonchev–Trinajstić information content (AvgIpc) is 3.10. The first-order valence-corrected chi connectivity index (χ1v) is 8.81. The molecule has 1 fully saturated rings. The Morgan fingerprint density at radius 3 is 2.65 bits per heavy atom. The summed E-state index contributed by atoms with van der Waals surface area (Å²) in [6, 6.07) is 16.5. The van der Waals surface area contributed by atoms with Crippen molar-refractivity contribution in [1.29, 1.82) is 0 Å². The van der Waals surface area contributed by atoms with Gasteiger partial charge in [-0.15, -0.1) is 0 Å². The van der Waals surface area contributed by atoms with Crippen molar-refractivity contribution in [2.45, 2.75) is 32.0 Å². The summed E-state index contributed by atoms with van der Waals surface area (Å²) in [5.41, 5.74) is 2.02. The van der Waals surface area contributed by atoms with Crippen molar-refractivity contribution in [1.82, 2.24) is 9.80 Å². The van der Waals surface area contributed by atoms with Crippen LogP contribution in [0.5, 0.6) is 0 Å². The maximum atomic E-state index is 12.9. The third kappa shape index (κ3) is 4.26. The van der Waals surface area contributed by atoms with E-state index in [1.165, 1.54) is 17.7 Å². The van der Waals surface area contributed by atoms with Gasteiger partial charge in [0.25, 0.3) is 5.69 Å². The topological polar surface area (TPSA) is 66.7 Å². The molecular weight excluding hydrogens is 330 g/mol. The number of nitro groups is 1. The van der Waals surface area contributed by atoms with Gasteiger partial charge in [0, 0.05) is 32.3 Å². The number of rotatable bonds is 6. The van der Waals surface area contributed by atoms with Gasteiger partial charge in [-0.05, 0) is 30.5 Å². The van der Waals surface area contributed by atoms with Crippen molar-refractivity contribution in [3.05, 3.63) is 75.8 Å². The van der Waals surface area contributed by atoms with Crippen molar-refractivity contribution in [2.75, 3.05) is 13.6 Å². The van der Waals surface area contributed by atoms with Crippen LogP contribution in [0.25, 0.3) is 0 Å². The minimum Gasteiger partial charge on any atom is -0.340 e. The summed E-state index contributed by atoms with van der Waals surface area (Å²) in [6.07, 6.45) is 1.86. The Morgan fingerprint density at radius 1 is 1.19 bits per heavy atom. The van der Waals surface area contributed by atoms with Crippen LogP contribution in [0.15, 0.2) is 54.6 Å². The first kappa shape index (κ1) is 18.1. The van der Waals surface area contributed by atoms with Crippen LogP contribution in [-0.2, 0) is 17.9 Å². The predicted molar refractivity (Wildman–Crippen MR) is 99.4 cm³/mol. The summed E-state index contributed by atoms with van der Waals surface area (Å²) < 4.78 is 0. The molecule has 0 spiro atoms. The number of amides is 1. The zero-order chi connectivity index (χ0) is 18.5. The minimum atomic E-state index is -0.413. The summed E-state index contributed by atoms with van der Waals surface area (Å²) in [7, 11) is 1.76. The Bertz CT molecular complexity index is 779. The van der Waals surface area contributed by atoms with E-state index >= 15 is 0 Å². The van der Waals surface area contributed by atoms with E-state index in [1.807, 2.05) is 24.3 Å². The number of nitrogens with zero attached hydrogens (tertiary/aromatic N) is 3. The van der Waals surface area contributed by atoms with E-state index in [1.54, 1.807) is 18.0 Å². The first-order valence-electron chi connectivity index (χ1n) is 8.81. The van der Waals surface area contributed by atoms with Gasteiger partial charge in [-0.1, -0.05) is 42.5 Å². The van der Waals surface area contributed by atoms with E-state index in [2.05, 4.69) is 17.0 Å². The fourth-order valence-corrected chi connectivity index (χ4v) is 3.49. The summed E-state index contributed by atoms with van der Waals surface area (Å²) in [5.74, 6) is 0.0740. The molecule has 3 rings (SSSR count). The van der Waals surface area contributed by atoms with Crippen LogP contribution < -0.4 is 0 Å². The second-order valence-electron chi connectivity index (χ2n) is 6.74. The van der Waals surface area contributed by atoms with Crippen molar-refractivity contribution in [3.8, 4) is 0 Å². The van der Waals surface area contributed by atoms with Gasteiger partial charge in [0.05, 0.1) is 11.0 Å². The summed E-state index contributed by atoms with van der Waals surface area (Å²) in [5, 5.41) is 10.9. The molecule has 1 aliphatic rings. The molecule has 6 heteroatoms. The molecule has 1 unspecified atom stereocenters. The van der Waals surface area contributed by atoms with Crippen LogP contribution in [0, 0.1) is 10.1 Å². The molecule has 0 radical (unpaired) electrons. The molecule has 1 aliphatic heterocycles. The molecule has 2 aromatic carbocycles. The molecule has 0 N–H and O–H groups in total. The predicted octanol–water partition coefficient (Wildman–Crippen LogP) is 3.22. The molecule has 0 aromatic heterocycles. The summed E-state index contributed by atoms with van der Waals surface area (Å²) in [4.78, 5) is 27.3. The zero-order valence-electron chi connectivity index (χ0n) is 14.9. The molecule has 136 valence electrons. The number of carbonyl (C=O) groups excluding carboxylic acids is 1. The highest BCUT2D eigenvalue weighted by Crippen LogP contribution is 2.22. The zero-order valence-corrected chi connectivity index (χ0v) is 14.9. The Hall–Kier alpha value is -2.73. The van der Waals surface area contributed by atoms with Gasteiger partial charge in [0.15, 0.2) is 0 Å². The Labute approximate surface area is 153 Å². The largest absolute Gasteiger partial charge is 0.340 e. The molecule has 0 bridgehead atoms. The maximum absolute atomic E-state index is 12.9. The first-order chi connectivity index (χ1) is 12.5. The summed E-state index contributed by atoms with van der Waals surface area (Å²) in [6.45, 7) is 2.05. The van der Waals surface area contributed by atoms with E-state index in [-0.39, 0.29) is 17.6 Å². The van der Waals surface area contributed by atoms with Gasteiger partial charge in [0.1, 0.15) is 0 Å². The van der Waals surface area contributed by atoms with Gasteiger partial charge in [-0.25, -0.2) is 0 Å². The minimum absolute atomic E-state index is 0.0509. The second-order valence-corrected chi connectivity index (χ2v) is 6.74. The van der Waals surface area contributed by atoms with E-state index < -0.39 is 4.92 Å². The second kappa shape index (κ2) is 8.10. The van der Waals surface area contributed by atoms with Gasteiger partial charge in [0.2, 0.25) is 5.91 Å².